The molecular formula is C49H31N5. The topological polar surface area (TPSA) is 64.5 Å². The molecule has 0 N–H and O–H groups in total. The van der Waals surface area contributed by atoms with Crippen molar-refractivity contribution >= 4 is 32.6 Å². The lowest BCUT2D eigenvalue weighted by Gasteiger charge is -2.14. The lowest BCUT2D eigenvalue weighted by molar-refractivity contribution is 1.07. The minimum atomic E-state index is 0.624. The molecule has 7 aromatic carbocycles. The highest BCUT2D eigenvalue weighted by Crippen LogP contribution is 2.39. The van der Waals surface area contributed by atoms with Gasteiger partial charge in [0.25, 0.3) is 0 Å². The molecule has 5 heteroatoms. The molecule has 0 fully saturated rings. The molecule has 0 spiro atoms. The molecule has 0 saturated carbocycles. The van der Waals surface area contributed by atoms with Gasteiger partial charge in [-0.3, -0.25) is 0 Å². The predicted molar refractivity (Wildman–Crippen MR) is 221 cm³/mol. The van der Waals surface area contributed by atoms with Gasteiger partial charge in [0.15, 0.2) is 17.5 Å². The summed E-state index contributed by atoms with van der Waals surface area (Å²) in [5.41, 5.74) is 10.9. The molecule has 3 heterocycles. The third kappa shape index (κ3) is 5.74. The first-order valence-electron chi connectivity index (χ1n) is 18.0. The molecule has 5 nitrogen and oxygen atoms in total. The quantitative estimate of drug-likeness (QED) is 0.163. The second kappa shape index (κ2) is 13.3. The van der Waals surface area contributed by atoms with Crippen molar-refractivity contribution in [1.29, 1.82) is 0 Å². The number of hydrogen-bond acceptors (Lipinski definition) is 5. The highest BCUT2D eigenvalue weighted by Gasteiger charge is 2.17. The molecular weight excluding hydrogens is 659 g/mol. The van der Waals surface area contributed by atoms with Crippen LogP contribution in [0.1, 0.15) is 0 Å². The molecule has 10 rings (SSSR count). The third-order valence-electron chi connectivity index (χ3n) is 9.90. The molecule has 10 aromatic rings. The zero-order valence-electron chi connectivity index (χ0n) is 29.1. The van der Waals surface area contributed by atoms with E-state index in [1.165, 1.54) is 0 Å². The Morgan fingerprint density at radius 2 is 0.741 bits per heavy atom. The largest absolute Gasteiger partial charge is 0.248 e. The van der Waals surface area contributed by atoms with Crippen LogP contribution in [0.2, 0.25) is 0 Å². The summed E-state index contributed by atoms with van der Waals surface area (Å²) in [6.45, 7) is 0. The van der Waals surface area contributed by atoms with Crippen LogP contribution in [0.5, 0.6) is 0 Å². The SMILES string of the molecule is c1ccc(-c2ccc3c(ccc4c5cc(-c6cccc(-c7nc(-c8ccccc8)nc(-c8ccccc8)n7)c6)ccc5nc(-c5ccccc5)c34)n2)cc1. The van der Waals surface area contributed by atoms with Gasteiger partial charge in [0.1, 0.15) is 0 Å². The first kappa shape index (κ1) is 31.4. The molecule has 0 atom stereocenters. The monoisotopic (exact) mass is 689 g/mol. The molecule has 0 aliphatic heterocycles. The van der Waals surface area contributed by atoms with Gasteiger partial charge >= 0.3 is 0 Å². The van der Waals surface area contributed by atoms with Crippen molar-refractivity contribution in [2.75, 3.05) is 0 Å². The fraction of sp³-hybridized carbons (Fsp3) is 0. The summed E-state index contributed by atoms with van der Waals surface area (Å²) in [5.74, 6) is 1.90. The van der Waals surface area contributed by atoms with Crippen LogP contribution in [0.4, 0.5) is 0 Å². The Hall–Kier alpha value is -7.37. The number of rotatable bonds is 6. The first-order chi connectivity index (χ1) is 26.7. The molecule has 0 amide bonds. The molecule has 0 unspecified atom stereocenters. The van der Waals surface area contributed by atoms with Crippen LogP contribution in [-0.4, -0.2) is 24.9 Å². The Morgan fingerprint density at radius 1 is 0.259 bits per heavy atom. The van der Waals surface area contributed by atoms with Gasteiger partial charge in [-0.25, -0.2) is 24.9 Å². The average Bonchev–Trinajstić information content (AvgIpc) is 3.26. The lowest BCUT2D eigenvalue weighted by Crippen LogP contribution is -2.00. The van der Waals surface area contributed by atoms with E-state index in [0.717, 1.165) is 82.9 Å². The number of hydrogen-bond donors (Lipinski definition) is 0. The highest BCUT2D eigenvalue weighted by atomic mass is 15.0. The van der Waals surface area contributed by atoms with Gasteiger partial charge in [0.2, 0.25) is 0 Å². The van der Waals surface area contributed by atoms with Crippen molar-refractivity contribution in [3.05, 3.63) is 188 Å². The fourth-order valence-corrected chi connectivity index (χ4v) is 7.24. The molecule has 0 radical (unpaired) electrons. The van der Waals surface area contributed by atoms with Crippen molar-refractivity contribution < 1.29 is 0 Å². The van der Waals surface area contributed by atoms with Gasteiger partial charge in [-0.1, -0.05) is 152 Å². The number of pyridine rings is 2. The maximum Gasteiger partial charge on any atom is 0.164 e. The van der Waals surface area contributed by atoms with Gasteiger partial charge in [0, 0.05) is 44.0 Å². The molecule has 0 saturated heterocycles. The fourth-order valence-electron chi connectivity index (χ4n) is 7.24. The highest BCUT2D eigenvalue weighted by molar-refractivity contribution is 6.21. The van der Waals surface area contributed by atoms with Crippen molar-refractivity contribution in [1.82, 2.24) is 24.9 Å². The van der Waals surface area contributed by atoms with Gasteiger partial charge in [-0.15, -0.1) is 0 Å². The Kier molecular flexibility index (Phi) is 7.73. The van der Waals surface area contributed by atoms with Gasteiger partial charge in [-0.05, 0) is 52.9 Å². The third-order valence-corrected chi connectivity index (χ3v) is 9.90. The van der Waals surface area contributed by atoms with E-state index in [1.54, 1.807) is 0 Å². The zero-order valence-corrected chi connectivity index (χ0v) is 29.1. The van der Waals surface area contributed by atoms with Crippen LogP contribution in [0, 0.1) is 0 Å². The zero-order chi connectivity index (χ0) is 35.8. The summed E-state index contributed by atoms with van der Waals surface area (Å²) in [5, 5.41) is 4.39. The van der Waals surface area contributed by atoms with Crippen LogP contribution < -0.4 is 0 Å². The van der Waals surface area contributed by atoms with E-state index in [0.29, 0.717) is 17.5 Å². The minimum absolute atomic E-state index is 0.624. The molecule has 0 aliphatic carbocycles. The Bertz CT molecular complexity index is 2910. The Balaban J connectivity index is 1.13. The predicted octanol–water partition coefficient (Wildman–Crippen LogP) is 12.1. The van der Waals surface area contributed by atoms with Gasteiger partial charge < -0.3 is 0 Å². The Morgan fingerprint density at radius 3 is 1.39 bits per heavy atom. The van der Waals surface area contributed by atoms with Crippen LogP contribution in [0.3, 0.4) is 0 Å². The number of fused-ring (bicyclic) bond motifs is 5. The van der Waals surface area contributed by atoms with E-state index in [1.807, 2.05) is 84.9 Å². The minimum Gasteiger partial charge on any atom is -0.248 e. The second-order valence-electron chi connectivity index (χ2n) is 13.3. The standard InChI is InChI=1S/C49H31N5/c1-5-14-32(15-6-1)42-28-26-40-43(50-42)29-25-39-41-31-37(24-27-44(41)51-46(45(39)40)33-16-7-2-8-17-33)36-22-13-23-38(30-36)49-53-47(34-18-9-3-10-19-34)52-48(54-49)35-20-11-4-12-21-35/h1-31H. The first-order valence-corrected chi connectivity index (χ1v) is 18.0. The molecule has 3 aromatic heterocycles. The number of nitrogens with zero attached hydrogens (tertiary/aromatic N) is 5. The second-order valence-corrected chi connectivity index (χ2v) is 13.3. The molecule has 54 heavy (non-hydrogen) atoms. The van der Waals surface area contributed by atoms with E-state index in [-0.39, 0.29) is 0 Å². The van der Waals surface area contributed by atoms with Gasteiger partial charge in [0.05, 0.1) is 22.4 Å². The summed E-state index contributed by atoms with van der Waals surface area (Å²) < 4.78 is 0. The molecule has 0 bridgehead atoms. The van der Waals surface area contributed by atoms with Crippen molar-refractivity contribution in [3.63, 3.8) is 0 Å². The van der Waals surface area contributed by atoms with Crippen LogP contribution >= 0.6 is 0 Å². The average molecular weight is 690 g/mol. The summed E-state index contributed by atoms with van der Waals surface area (Å²) in [4.78, 5) is 25.3. The van der Waals surface area contributed by atoms with E-state index >= 15 is 0 Å². The van der Waals surface area contributed by atoms with Crippen molar-refractivity contribution in [2.45, 2.75) is 0 Å². The number of aromatic nitrogens is 5. The lowest BCUT2D eigenvalue weighted by atomic mass is 9.94. The van der Waals surface area contributed by atoms with E-state index in [4.69, 9.17) is 24.9 Å². The van der Waals surface area contributed by atoms with E-state index < -0.39 is 0 Å². The van der Waals surface area contributed by atoms with E-state index in [9.17, 15) is 0 Å². The number of benzene rings is 7. The van der Waals surface area contributed by atoms with Crippen molar-refractivity contribution in [2.24, 2.45) is 0 Å². The van der Waals surface area contributed by atoms with Crippen molar-refractivity contribution in [3.8, 4) is 67.8 Å². The van der Waals surface area contributed by atoms with Crippen LogP contribution in [-0.2, 0) is 0 Å². The summed E-state index contributed by atoms with van der Waals surface area (Å²) in [6.07, 6.45) is 0. The normalized spacial score (nSPS) is 11.3. The maximum atomic E-state index is 5.33. The Labute approximate surface area is 312 Å². The summed E-state index contributed by atoms with van der Waals surface area (Å²) in [7, 11) is 0. The van der Waals surface area contributed by atoms with E-state index in [2.05, 4.69) is 103 Å². The van der Waals surface area contributed by atoms with Crippen LogP contribution in [0.25, 0.3) is 100 Å². The maximum absolute atomic E-state index is 5.33. The molecule has 252 valence electrons. The smallest absolute Gasteiger partial charge is 0.164 e. The molecule has 0 aliphatic rings. The van der Waals surface area contributed by atoms with Gasteiger partial charge in [-0.2, -0.15) is 0 Å². The summed E-state index contributed by atoms with van der Waals surface area (Å²) >= 11 is 0. The van der Waals surface area contributed by atoms with Crippen LogP contribution in [0.15, 0.2) is 188 Å². The summed E-state index contributed by atoms with van der Waals surface area (Å²) in [6, 6.07) is 64.5.